The molecular formula is C15H31NO4SSi. The molecule has 0 aliphatic rings. The lowest BCUT2D eigenvalue weighted by molar-refractivity contribution is -0.114. The van der Waals surface area contributed by atoms with E-state index in [0.29, 0.717) is 0 Å². The Morgan fingerprint density at radius 3 is 1.86 bits per heavy atom. The molecule has 0 aromatic carbocycles. The van der Waals surface area contributed by atoms with Crippen LogP contribution in [0.15, 0.2) is 0 Å². The summed E-state index contributed by atoms with van der Waals surface area (Å²) in [5.74, 6) is 0. The Balaban J connectivity index is 4.97. The van der Waals surface area contributed by atoms with Crippen molar-refractivity contribution in [3.05, 3.63) is 0 Å². The zero-order valence-electron chi connectivity index (χ0n) is 15.2. The largest absolute Gasteiger partial charge is 0.444 e. The summed E-state index contributed by atoms with van der Waals surface area (Å²) in [6.45, 7) is 17.6. The van der Waals surface area contributed by atoms with Gasteiger partial charge in [0, 0.05) is 0 Å². The van der Waals surface area contributed by atoms with Crippen LogP contribution in [0.3, 0.4) is 0 Å². The number of alkyl carbamates (subject to hydrolysis) is 1. The minimum atomic E-state index is -2.05. The van der Waals surface area contributed by atoms with Crippen LogP contribution in [-0.2, 0) is 14.0 Å². The molecule has 7 heteroatoms. The third kappa shape index (κ3) is 7.15. The van der Waals surface area contributed by atoms with Crippen LogP contribution in [0.2, 0.25) is 18.1 Å². The molecule has 130 valence electrons. The maximum Gasteiger partial charge on any atom is 0.408 e. The van der Waals surface area contributed by atoms with Crippen molar-refractivity contribution in [3.63, 3.8) is 0 Å². The van der Waals surface area contributed by atoms with E-state index in [-0.39, 0.29) is 5.04 Å². The molecule has 0 rings (SSSR count). The monoisotopic (exact) mass is 349 g/mol. The zero-order chi connectivity index (χ0) is 17.9. The maximum absolute atomic E-state index is 11.9. The summed E-state index contributed by atoms with van der Waals surface area (Å²) in [4.78, 5) is 23.6. The third-order valence-electron chi connectivity index (χ3n) is 3.69. The highest BCUT2D eigenvalue weighted by molar-refractivity contribution is 7.96. The first-order valence-electron chi connectivity index (χ1n) is 7.47. The summed E-state index contributed by atoms with van der Waals surface area (Å²) in [6.07, 6.45) is -1.12. The Hall–Kier alpha value is -0.533. The third-order valence-corrected chi connectivity index (χ3v) is 8.55. The van der Waals surface area contributed by atoms with E-state index in [4.69, 9.17) is 9.16 Å². The summed E-state index contributed by atoms with van der Waals surface area (Å²) < 4.78 is 11.3. The average molecular weight is 350 g/mol. The van der Waals surface area contributed by atoms with Crippen molar-refractivity contribution in [1.82, 2.24) is 5.32 Å². The quantitative estimate of drug-likeness (QED) is 0.586. The highest BCUT2D eigenvalue weighted by Crippen LogP contribution is 2.37. The molecule has 2 unspecified atom stereocenters. The molecule has 0 spiro atoms. The van der Waals surface area contributed by atoms with Crippen molar-refractivity contribution >= 4 is 32.2 Å². The summed E-state index contributed by atoms with van der Waals surface area (Å²) in [5.41, 5.74) is -0.627. The summed E-state index contributed by atoms with van der Waals surface area (Å²) >= 11 is 3.87. The van der Waals surface area contributed by atoms with E-state index in [1.54, 1.807) is 27.7 Å². The van der Waals surface area contributed by atoms with Crippen LogP contribution < -0.4 is 5.32 Å². The molecule has 0 aromatic rings. The van der Waals surface area contributed by atoms with Crippen molar-refractivity contribution < 1.29 is 18.8 Å². The van der Waals surface area contributed by atoms with E-state index in [9.17, 15) is 9.59 Å². The smallest absolute Gasteiger partial charge is 0.408 e. The highest BCUT2D eigenvalue weighted by atomic mass is 32.1. The van der Waals surface area contributed by atoms with Gasteiger partial charge in [-0.25, -0.2) is 4.79 Å². The molecular weight excluding hydrogens is 318 g/mol. The SMILES string of the molecule is CC(O[Si](C)(C)C(C)(C)C)C(NC(=O)OC(C)(C)C)C(=O)S. The Morgan fingerprint density at radius 2 is 1.55 bits per heavy atom. The lowest BCUT2D eigenvalue weighted by Crippen LogP contribution is -2.53. The minimum Gasteiger partial charge on any atom is -0.444 e. The van der Waals surface area contributed by atoms with Gasteiger partial charge in [0.05, 0.1) is 6.10 Å². The van der Waals surface area contributed by atoms with Gasteiger partial charge in [-0.05, 0) is 45.8 Å². The number of hydrogen-bond donors (Lipinski definition) is 2. The lowest BCUT2D eigenvalue weighted by atomic mass is 10.2. The van der Waals surface area contributed by atoms with E-state index in [1.807, 2.05) is 0 Å². The van der Waals surface area contributed by atoms with Gasteiger partial charge in [-0.15, -0.1) is 12.6 Å². The van der Waals surface area contributed by atoms with E-state index in [2.05, 4.69) is 51.8 Å². The molecule has 0 saturated carbocycles. The van der Waals surface area contributed by atoms with Gasteiger partial charge in [0.15, 0.2) is 8.32 Å². The summed E-state index contributed by atoms with van der Waals surface area (Å²) in [6, 6.07) is -0.840. The van der Waals surface area contributed by atoms with Crippen molar-refractivity contribution in [2.45, 2.75) is 84.3 Å². The van der Waals surface area contributed by atoms with Crippen LogP contribution in [0.4, 0.5) is 4.79 Å². The molecule has 5 nitrogen and oxygen atoms in total. The molecule has 1 amide bonds. The van der Waals surface area contributed by atoms with Crippen molar-refractivity contribution in [3.8, 4) is 0 Å². The number of amides is 1. The van der Waals surface area contributed by atoms with Gasteiger partial charge < -0.3 is 14.5 Å². The molecule has 0 aliphatic heterocycles. The fourth-order valence-electron chi connectivity index (χ4n) is 1.52. The van der Waals surface area contributed by atoms with Crippen molar-refractivity contribution in [1.29, 1.82) is 0 Å². The molecule has 0 aliphatic carbocycles. The Morgan fingerprint density at radius 1 is 1.09 bits per heavy atom. The second kappa shape index (κ2) is 7.36. The number of carbonyl (C=O) groups excluding carboxylic acids is 2. The predicted octanol–water partition coefficient (Wildman–Crippen LogP) is 3.75. The molecule has 2 atom stereocenters. The van der Waals surface area contributed by atoms with Crippen LogP contribution >= 0.6 is 12.6 Å². The van der Waals surface area contributed by atoms with E-state index >= 15 is 0 Å². The molecule has 0 radical (unpaired) electrons. The molecule has 0 bridgehead atoms. The number of rotatable bonds is 5. The second-order valence-electron chi connectivity index (χ2n) is 8.05. The molecule has 0 saturated heterocycles. The van der Waals surface area contributed by atoms with Gasteiger partial charge in [0.2, 0.25) is 5.12 Å². The number of ether oxygens (including phenoxy) is 1. The van der Waals surface area contributed by atoms with Crippen molar-refractivity contribution in [2.75, 3.05) is 0 Å². The number of nitrogens with one attached hydrogen (secondary N) is 1. The predicted molar refractivity (Wildman–Crippen MR) is 94.9 cm³/mol. The number of carbonyl (C=O) groups is 2. The van der Waals surface area contributed by atoms with Crippen LogP contribution in [0.1, 0.15) is 48.5 Å². The van der Waals surface area contributed by atoms with Gasteiger partial charge in [-0.1, -0.05) is 20.8 Å². The summed E-state index contributed by atoms with van der Waals surface area (Å²) in [7, 11) is -2.05. The van der Waals surface area contributed by atoms with Gasteiger partial charge in [-0.2, -0.15) is 0 Å². The molecule has 1 N–H and O–H groups in total. The standard InChI is InChI=1S/C15H31NO4SSi/c1-10(20-22(8,9)15(5,6)7)11(12(17)21)16-13(18)19-14(2,3)4/h10-11H,1-9H3,(H,16,18)(H,17,21). The molecule has 22 heavy (non-hydrogen) atoms. The Labute approximate surface area is 141 Å². The molecule has 0 fully saturated rings. The first-order valence-corrected chi connectivity index (χ1v) is 10.8. The van der Waals surface area contributed by atoms with Crippen LogP contribution in [0.25, 0.3) is 0 Å². The first kappa shape index (κ1) is 21.5. The molecule has 0 aromatic heterocycles. The highest BCUT2D eigenvalue weighted by Gasteiger charge is 2.41. The van der Waals surface area contributed by atoms with Gasteiger partial charge >= 0.3 is 6.09 Å². The number of hydrogen-bond acceptors (Lipinski definition) is 4. The average Bonchev–Trinajstić information content (AvgIpc) is 2.20. The topological polar surface area (TPSA) is 64.6 Å². The van der Waals surface area contributed by atoms with Crippen molar-refractivity contribution in [2.24, 2.45) is 0 Å². The lowest BCUT2D eigenvalue weighted by Gasteiger charge is -2.40. The fourth-order valence-corrected chi connectivity index (χ4v) is 3.22. The minimum absolute atomic E-state index is 0.0113. The zero-order valence-corrected chi connectivity index (χ0v) is 17.1. The normalized spacial score (nSPS) is 15.9. The van der Waals surface area contributed by atoms with Gasteiger partial charge in [0.25, 0.3) is 0 Å². The van der Waals surface area contributed by atoms with Crippen LogP contribution in [-0.4, -0.2) is 37.3 Å². The van der Waals surface area contributed by atoms with E-state index in [1.165, 1.54) is 0 Å². The van der Waals surface area contributed by atoms with E-state index in [0.717, 1.165) is 0 Å². The Bertz CT molecular complexity index is 413. The first-order chi connectivity index (χ1) is 9.57. The second-order valence-corrected chi connectivity index (χ2v) is 13.2. The number of thiol groups is 1. The summed E-state index contributed by atoms with van der Waals surface area (Å²) in [5, 5.41) is 2.12. The van der Waals surface area contributed by atoms with Crippen LogP contribution in [0, 0.1) is 0 Å². The van der Waals surface area contributed by atoms with E-state index < -0.39 is 37.3 Å². The molecule has 0 heterocycles. The van der Waals surface area contributed by atoms with Gasteiger partial charge in [-0.3, -0.25) is 4.79 Å². The van der Waals surface area contributed by atoms with Gasteiger partial charge in [0.1, 0.15) is 11.6 Å². The van der Waals surface area contributed by atoms with Crippen LogP contribution in [0.5, 0.6) is 0 Å². The fraction of sp³-hybridized carbons (Fsp3) is 0.867. The maximum atomic E-state index is 11.9. The Kier molecular flexibility index (Phi) is 7.18.